The van der Waals surface area contributed by atoms with E-state index in [-0.39, 0.29) is 17.4 Å². The van der Waals surface area contributed by atoms with E-state index in [9.17, 15) is 14.7 Å². The molecular formula is C26H31N5O4. The molecule has 0 radical (unpaired) electrons. The smallest absolute Gasteiger partial charge is 0.336 e. The SMILES string of the molecule is C[C@@H]1CC12C(=O)N(C)c1cnc(Nc3ccc(C(=O)O)c4c3OC(C)(C)C4)nc1N2C1CCCC1. The van der Waals surface area contributed by atoms with Gasteiger partial charge in [0.1, 0.15) is 22.6 Å². The molecule has 1 spiro atoms. The van der Waals surface area contributed by atoms with Gasteiger partial charge in [0.15, 0.2) is 5.82 Å². The summed E-state index contributed by atoms with van der Waals surface area (Å²) in [6.45, 7) is 6.03. The number of nitrogens with one attached hydrogen (secondary N) is 1. The van der Waals surface area contributed by atoms with Crippen LogP contribution < -0.4 is 19.9 Å². The van der Waals surface area contributed by atoms with Crippen LogP contribution in [0.4, 0.5) is 23.1 Å². The van der Waals surface area contributed by atoms with Gasteiger partial charge in [0.05, 0.1) is 17.4 Å². The van der Waals surface area contributed by atoms with Gasteiger partial charge in [-0.3, -0.25) is 4.79 Å². The predicted octanol–water partition coefficient (Wildman–Crippen LogP) is 4.14. The van der Waals surface area contributed by atoms with E-state index in [1.54, 1.807) is 23.2 Å². The molecule has 2 fully saturated rings. The van der Waals surface area contributed by atoms with Crippen molar-refractivity contribution in [2.45, 2.75) is 76.5 Å². The maximum absolute atomic E-state index is 13.4. The number of rotatable bonds is 4. The number of carbonyl (C=O) groups excluding carboxylic acids is 1. The second-order valence-electron chi connectivity index (χ2n) is 11.0. The normalized spacial score (nSPS) is 26.5. The molecule has 2 aliphatic heterocycles. The molecule has 1 amide bonds. The predicted molar refractivity (Wildman–Crippen MR) is 132 cm³/mol. The monoisotopic (exact) mass is 477 g/mol. The first kappa shape index (κ1) is 22.1. The van der Waals surface area contributed by atoms with E-state index in [0.29, 0.717) is 35.4 Å². The van der Waals surface area contributed by atoms with Gasteiger partial charge in [-0.25, -0.2) is 9.78 Å². The van der Waals surface area contributed by atoms with Gasteiger partial charge in [-0.15, -0.1) is 0 Å². The number of nitrogens with zero attached hydrogens (tertiary/aromatic N) is 4. The number of benzene rings is 1. The Labute approximate surface area is 204 Å². The van der Waals surface area contributed by atoms with Crippen molar-refractivity contribution >= 4 is 35.0 Å². The molecule has 1 aromatic carbocycles. The van der Waals surface area contributed by atoms with Crippen LogP contribution in [0.1, 0.15) is 68.8 Å². The summed E-state index contributed by atoms with van der Waals surface area (Å²) < 4.78 is 6.15. The van der Waals surface area contributed by atoms with Crippen LogP contribution in [0.25, 0.3) is 0 Å². The highest BCUT2D eigenvalue weighted by molar-refractivity contribution is 6.10. The lowest BCUT2D eigenvalue weighted by Crippen LogP contribution is -2.59. The van der Waals surface area contributed by atoms with Crippen molar-refractivity contribution in [1.29, 1.82) is 0 Å². The minimum absolute atomic E-state index is 0.131. The number of carboxylic acids is 1. The summed E-state index contributed by atoms with van der Waals surface area (Å²) in [5.74, 6) is 1.16. The minimum atomic E-state index is -0.970. The molecule has 3 heterocycles. The highest BCUT2D eigenvalue weighted by Gasteiger charge is 2.66. The summed E-state index contributed by atoms with van der Waals surface area (Å²) in [5.41, 5.74) is 1.27. The van der Waals surface area contributed by atoms with Crippen LogP contribution in [-0.2, 0) is 11.2 Å². The standard InChI is InChI=1S/C26H31N5O4/c1-14-11-26(14)23(34)30(4)19-13-27-24(29-21(19)31(26)15-7-5-6-8-15)28-18-10-9-16(22(32)33)17-12-25(2,3)35-20(17)18/h9-10,13-15H,5-8,11-12H2,1-4H3,(H,32,33)(H,27,28,29)/t14-,26?/m1/s1. The Morgan fingerprint density at radius 3 is 2.63 bits per heavy atom. The lowest BCUT2D eigenvalue weighted by Gasteiger charge is -2.45. The molecule has 2 aliphatic carbocycles. The molecule has 0 bridgehead atoms. The van der Waals surface area contributed by atoms with Gasteiger partial charge in [0.2, 0.25) is 5.95 Å². The second-order valence-corrected chi connectivity index (χ2v) is 11.0. The Kier molecular flexibility index (Phi) is 4.63. The summed E-state index contributed by atoms with van der Waals surface area (Å²) in [7, 11) is 1.81. The number of aromatic nitrogens is 2. The first-order valence-corrected chi connectivity index (χ1v) is 12.4. The maximum atomic E-state index is 13.4. The fourth-order valence-corrected chi connectivity index (χ4v) is 6.31. The Morgan fingerprint density at radius 2 is 1.97 bits per heavy atom. The molecule has 2 aromatic rings. The first-order valence-electron chi connectivity index (χ1n) is 12.4. The van der Waals surface area contributed by atoms with Crippen molar-refractivity contribution in [3.05, 3.63) is 29.5 Å². The van der Waals surface area contributed by atoms with Crippen molar-refractivity contribution < 1.29 is 19.4 Å². The Hall–Kier alpha value is -3.36. The molecule has 9 nitrogen and oxygen atoms in total. The number of anilines is 4. The van der Waals surface area contributed by atoms with Crippen LogP contribution in [0.15, 0.2) is 18.3 Å². The molecule has 1 aromatic heterocycles. The van der Waals surface area contributed by atoms with Gasteiger partial charge < -0.3 is 25.0 Å². The van der Waals surface area contributed by atoms with Crippen LogP contribution in [-0.4, -0.2) is 51.2 Å². The van der Waals surface area contributed by atoms with Crippen molar-refractivity contribution in [1.82, 2.24) is 9.97 Å². The number of aromatic carboxylic acids is 1. The molecule has 2 atom stereocenters. The summed E-state index contributed by atoms with van der Waals surface area (Å²) in [4.78, 5) is 38.7. The van der Waals surface area contributed by atoms with Gasteiger partial charge in [-0.2, -0.15) is 4.98 Å². The maximum Gasteiger partial charge on any atom is 0.336 e. The van der Waals surface area contributed by atoms with E-state index in [2.05, 4.69) is 22.1 Å². The molecule has 2 N–H and O–H groups in total. The van der Waals surface area contributed by atoms with Crippen molar-refractivity contribution in [2.24, 2.45) is 5.92 Å². The molecule has 9 heteroatoms. The third-order valence-electron chi connectivity index (χ3n) is 8.13. The van der Waals surface area contributed by atoms with E-state index in [4.69, 9.17) is 9.72 Å². The van der Waals surface area contributed by atoms with Gasteiger partial charge in [-0.05, 0) is 51.2 Å². The van der Waals surface area contributed by atoms with Crippen LogP contribution >= 0.6 is 0 Å². The van der Waals surface area contributed by atoms with E-state index in [1.165, 1.54) is 0 Å². The lowest BCUT2D eigenvalue weighted by atomic mass is 9.97. The number of hydrogen-bond acceptors (Lipinski definition) is 7. The molecule has 184 valence electrons. The molecule has 1 unspecified atom stereocenters. The van der Waals surface area contributed by atoms with E-state index in [0.717, 1.165) is 43.6 Å². The van der Waals surface area contributed by atoms with Crippen LogP contribution in [0.3, 0.4) is 0 Å². The Morgan fingerprint density at radius 1 is 1.26 bits per heavy atom. The number of hydrogen-bond donors (Lipinski definition) is 2. The minimum Gasteiger partial charge on any atom is -0.485 e. The number of ether oxygens (including phenoxy) is 1. The van der Waals surface area contributed by atoms with Gasteiger partial charge in [0.25, 0.3) is 5.91 Å². The third-order valence-corrected chi connectivity index (χ3v) is 8.13. The highest BCUT2D eigenvalue weighted by Crippen LogP contribution is 2.57. The zero-order chi connectivity index (χ0) is 24.7. The number of amides is 1. The van der Waals surface area contributed by atoms with Crippen LogP contribution in [0, 0.1) is 5.92 Å². The fourth-order valence-electron chi connectivity index (χ4n) is 6.31. The van der Waals surface area contributed by atoms with Crippen molar-refractivity contribution in [2.75, 3.05) is 22.2 Å². The highest BCUT2D eigenvalue weighted by atomic mass is 16.5. The molecule has 4 aliphatic rings. The Bertz CT molecular complexity index is 1250. The van der Waals surface area contributed by atoms with Crippen LogP contribution in [0.5, 0.6) is 5.75 Å². The first-order chi connectivity index (χ1) is 16.6. The van der Waals surface area contributed by atoms with E-state index >= 15 is 0 Å². The molecule has 35 heavy (non-hydrogen) atoms. The largest absolute Gasteiger partial charge is 0.485 e. The lowest BCUT2D eigenvalue weighted by molar-refractivity contribution is -0.121. The number of fused-ring (bicyclic) bond motifs is 2. The Balaban J connectivity index is 1.41. The zero-order valence-electron chi connectivity index (χ0n) is 20.6. The molecular weight excluding hydrogens is 446 g/mol. The summed E-state index contributed by atoms with van der Waals surface area (Å²) in [5, 5.41) is 12.9. The summed E-state index contributed by atoms with van der Waals surface area (Å²) >= 11 is 0. The van der Waals surface area contributed by atoms with E-state index < -0.39 is 17.1 Å². The number of likely N-dealkylation sites (N-methyl/N-ethyl adjacent to an activating group) is 1. The second kappa shape index (κ2) is 7.32. The summed E-state index contributed by atoms with van der Waals surface area (Å²) in [6.07, 6.45) is 7.50. The van der Waals surface area contributed by atoms with Gasteiger partial charge in [-0.1, -0.05) is 19.8 Å². The summed E-state index contributed by atoms with van der Waals surface area (Å²) in [6, 6.07) is 3.61. The van der Waals surface area contributed by atoms with Crippen molar-refractivity contribution in [3.63, 3.8) is 0 Å². The third kappa shape index (κ3) is 3.20. The van der Waals surface area contributed by atoms with Crippen molar-refractivity contribution in [3.8, 4) is 5.75 Å². The van der Waals surface area contributed by atoms with E-state index in [1.807, 2.05) is 20.9 Å². The topological polar surface area (TPSA) is 108 Å². The average Bonchev–Trinajstić information content (AvgIpc) is 3.14. The van der Waals surface area contributed by atoms with Gasteiger partial charge >= 0.3 is 5.97 Å². The average molecular weight is 478 g/mol. The zero-order valence-corrected chi connectivity index (χ0v) is 20.6. The molecule has 2 saturated carbocycles. The number of carbonyl (C=O) groups is 2. The number of carboxylic acid groups (broad SMARTS) is 1. The van der Waals surface area contributed by atoms with Gasteiger partial charge in [0, 0.05) is 25.1 Å². The quantitative estimate of drug-likeness (QED) is 0.677. The fraction of sp³-hybridized carbons (Fsp3) is 0.538. The molecule has 0 saturated heterocycles. The molecule has 6 rings (SSSR count). The van der Waals surface area contributed by atoms with Crippen LogP contribution in [0.2, 0.25) is 0 Å².